The maximum atomic E-state index is 14.1. The lowest BCUT2D eigenvalue weighted by Crippen LogP contribution is -2.11. The molecule has 2 aromatic carbocycles. The molecule has 0 saturated heterocycles. The van der Waals surface area contributed by atoms with Gasteiger partial charge in [-0.25, -0.2) is 9.18 Å². The van der Waals surface area contributed by atoms with Crippen molar-refractivity contribution >= 4 is 5.97 Å². The molecule has 0 bridgehead atoms. The summed E-state index contributed by atoms with van der Waals surface area (Å²) in [6.07, 6.45) is 9.68. The third-order valence-electron chi connectivity index (χ3n) is 5.00. The molecule has 143 valence electrons. The van der Waals surface area contributed by atoms with Gasteiger partial charge in [0.25, 0.3) is 0 Å². The second-order valence-corrected chi connectivity index (χ2v) is 6.96. The number of aryl methyl sites for hydroxylation is 1. The van der Waals surface area contributed by atoms with Crippen molar-refractivity contribution in [3.8, 4) is 11.5 Å². The predicted octanol–water partition coefficient (Wildman–Crippen LogP) is 5.77. The minimum Gasteiger partial charge on any atom is -0.494 e. The van der Waals surface area contributed by atoms with Crippen LogP contribution in [0.2, 0.25) is 0 Å². The highest BCUT2D eigenvalue weighted by molar-refractivity contribution is 5.91. The Kier molecular flexibility index (Phi) is 6.86. The number of carbonyl (C=O) groups excluding carboxylic acids is 1. The van der Waals surface area contributed by atoms with Crippen molar-refractivity contribution in [2.45, 2.75) is 45.4 Å². The SMILES string of the molecule is CCOc1ccc(C(=O)Oc2ccc(CCC3CC[CH]CC3)cc2)c(F)c1. The van der Waals surface area contributed by atoms with E-state index in [9.17, 15) is 9.18 Å². The molecule has 3 rings (SSSR count). The molecule has 1 saturated carbocycles. The van der Waals surface area contributed by atoms with E-state index in [1.165, 1.54) is 49.8 Å². The third-order valence-corrected chi connectivity index (χ3v) is 5.00. The zero-order valence-electron chi connectivity index (χ0n) is 15.7. The number of hydrogen-bond donors (Lipinski definition) is 0. The van der Waals surface area contributed by atoms with Gasteiger partial charge in [0.05, 0.1) is 12.2 Å². The number of esters is 1. The number of ether oxygens (including phenoxy) is 2. The maximum Gasteiger partial charge on any atom is 0.346 e. The van der Waals surface area contributed by atoms with E-state index in [-0.39, 0.29) is 5.56 Å². The van der Waals surface area contributed by atoms with E-state index in [1.807, 2.05) is 19.1 Å². The lowest BCUT2D eigenvalue weighted by Gasteiger charge is -2.21. The Labute approximate surface area is 160 Å². The van der Waals surface area contributed by atoms with Gasteiger partial charge in [0.15, 0.2) is 0 Å². The van der Waals surface area contributed by atoms with Crippen LogP contribution in [0.15, 0.2) is 42.5 Å². The summed E-state index contributed by atoms with van der Waals surface area (Å²) in [5.41, 5.74) is 1.13. The van der Waals surface area contributed by atoms with Crippen LogP contribution in [0.3, 0.4) is 0 Å². The molecular weight excluding hydrogens is 343 g/mol. The summed E-state index contributed by atoms with van der Waals surface area (Å²) in [4.78, 5) is 12.2. The fraction of sp³-hybridized carbons (Fsp3) is 0.391. The first-order chi connectivity index (χ1) is 13.2. The summed E-state index contributed by atoms with van der Waals surface area (Å²) in [6.45, 7) is 2.26. The maximum absolute atomic E-state index is 14.1. The molecule has 1 aliphatic carbocycles. The van der Waals surface area contributed by atoms with E-state index >= 15 is 0 Å². The lowest BCUT2D eigenvalue weighted by molar-refractivity contribution is 0.0730. The monoisotopic (exact) mass is 369 g/mol. The molecule has 0 unspecified atom stereocenters. The first kappa shape index (κ1) is 19.4. The number of benzene rings is 2. The van der Waals surface area contributed by atoms with Crippen molar-refractivity contribution in [3.63, 3.8) is 0 Å². The lowest BCUT2D eigenvalue weighted by atomic mass is 9.85. The van der Waals surface area contributed by atoms with E-state index in [1.54, 1.807) is 18.2 Å². The molecule has 0 N–H and O–H groups in total. The Balaban J connectivity index is 1.55. The second-order valence-electron chi connectivity index (χ2n) is 6.96. The quantitative estimate of drug-likeness (QED) is 0.459. The largest absolute Gasteiger partial charge is 0.494 e. The minimum atomic E-state index is -0.707. The highest BCUT2D eigenvalue weighted by atomic mass is 19.1. The second kappa shape index (κ2) is 9.54. The number of halogens is 1. The van der Waals surface area contributed by atoms with Crippen LogP contribution in [0.5, 0.6) is 11.5 Å². The van der Waals surface area contributed by atoms with E-state index in [0.29, 0.717) is 18.1 Å². The van der Waals surface area contributed by atoms with Gasteiger partial charge in [0, 0.05) is 6.07 Å². The van der Waals surface area contributed by atoms with Crippen LogP contribution in [0.1, 0.15) is 54.9 Å². The normalized spacial score (nSPS) is 14.7. The van der Waals surface area contributed by atoms with Crippen molar-refractivity contribution in [1.82, 2.24) is 0 Å². The van der Waals surface area contributed by atoms with Crippen molar-refractivity contribution in [2.75, 3.05) is 6.61 Å². The summed E-state index contributed by atoms with van der Waals surface area (Å²) in [6, 6.07) is 11.7. The van der Waals surface area contributed by atoms with Gasteiger partial charge in [-0.15, -0.1) is 0 Å². The molecule has 0 amide bonds. The van der Waals surface area contributed by atoms with Gasteiger partial charge < -0.3 is 9.47 Å². The van der Waals surface area contributed by atoms with Crippen molar-refractivity contribution in [3.05, 3.63) is 65.8 Å². The smallest absolute Gasteiger partial charge is 0.346 e. The van der Waals surface area contributed by atoms with Crippen LogP contribution in [-0.2, 0) is 6.42 Å². The average molecular weight is 369 g/mol. The molecule has 1 aliphatic rings. The van der Waals surface area contributed by atoms with E-state index in [2.05, 4.69) is 6.42 Å². The number of hydrogen-bond acceptors (Lipinski definition) is 3. The molecule has 0 heterocycles. The van der Waals surface area contributed by atoms with Gasteiger partial charge in [0.2, 0.25) is 0 Å². The molecule has 0 atom stereocenters. The first-order valence-electron chi connectivity index (χ1n) is 9.71. The van der Waals surface area contributed by atoms with E-state index in [4.69, 9.17) is 9.47 Å². The Morgan fingerprint density at radius 1 is 1.07 bits per heavy atom. The summed E-state index contributed by atoms with van der Waals surface area (Å²) >= 11 is 0. The summed E-state index contributed by atoms with van der Waals surface area (Å²) < 4.78 is 24.6. The van der Waals surface area contributed by atoms with Gasteiger partial charge in [0.1, 0.15) is 17.3 Å². The van der Waals surface area contributed by atoms with Crippen LogP contribution >= 0.6 is 0 Å². The predicted molar refractivity (Wildman–Crippen MR) is 104 cm³/mol. The minimum absolute atomic E-state index is 0.100. The summed E-state index contributed by atoms with van der Waals surface area (Å²) in [5.74, 6) is 0.278. The van der Waals surface area contributed by atoms with Crippen LogP contribution in [0, 0.1) is 18.2 Å². The topological polar surface area (TPSA) is 35.5 Å². The molecular formula is C23H26FO3. The fourth-order valence-electron chi connectivity index (χ4n) is 3.46. The Hall–Kier alpha value is -2.36. The van der Waals surface area contributed by atoms with Crippen LogP contribution in [0.25, 0.3) is 0 Å². The summed E-state index contributed by atoms with van der Waals surface area (Å²) in [7, 11) is 0. The molecule has 4 heteroatoms. The van der Waals surface area contributed by atoms with Gasteiger partial charge in [-0.05, 0) is 74.8 Å². The Bertz CT molecular complexity index is 749. The van der Waals surface area contributed by atoms with Gasteiger partial charge in [-0.3, -0.25) is 0 Å². The van der Waals surface area contributed by atoms with Gasteiger partial charge in [-0.1, -0.05) is 25.0 Å². The molecule has 1 radical (unpaired) electrons. The average Bonchev–Trinajstić information content (AvgIpc) is 2.68. The molecule has 0 aromatic heterocycles. The van der Waals surface area contributed by atoms with E-state index in [0.717, 1.165) is 12.3 Å². The van der Waals surface area contributed by atoms with Crippen molar-refractivity contribution in [2.24, 2.45) is 5.92 Å². The Morgan fingerprint density at radius 2 is 1.78 bits per heavy atom. The van der Waals surface area contributed by atoms with Crippen molar-refractivity contribution in [1.29, 1.82) is 0 Å². The fourth-order valence-corrected chi connectivity index (χ4v) is 3.46. The summed E-state index contributed by atoms with van der Waals surface area (Å²) in [5, 5.41) is 0. The molecule has 0 aliphatic heterocycles. The zero-order chi connectivity index (χ0) is 19.1. The van der Waals surface area contributed by atoms with E-state index < -0.39 is 11.8 Å². The zero-order valence-corrected chi connectivity index (χ0v) is 15.7. The highest BCUT2D eigenvalue weighted by Crippen LogP contribution is 2.27. The highest BCUT2D eigenvalue weighted by Gasteiger charge is 2.16. The van der Waals surface area contributed by atoms with Gasteiger partial charge >= 0.3 is 5.97 Å². The molecule has 2 aromatic rings. The third kappa shape index (κ3) is 5.56. The van der Waals surface area contributed by atoms with Crippen molar-refractivity contribution < 1.29 is 18.7 Å². The number of carbonyl (C=O) groups is 1. The number of rotatable bonds is 7. The van der Waals surface area contributed by atoms with Gasteiger partial charge in [-0.2, -0.15) is 0 Å². The molecule has 3 nitrogen and oxygen atoms in total. The van der Waals surface area contributed by atoms with Crippen LogP contribution in [-0.4, -0.2) is 12.6 Å². The first-order valence-corrected chi connectivity index (χ1v) is 9.71. The Morgan fingerprint density at radius 3 is 2.44 bits per heavy atom. The standard InChI is InChI=1S/C23H26FO3/c1-2-26-20-14-15-21(22(24)16-20)23(25)27-19-12-10-18(11-13-19)9-8-17-6-4-3-5-7-17/h3,10-17H,2,4-9H2,1H3. The molecule has 1 fully saturated rings. The molecule has 0 spiro atoms. The molecule has 27 heavy (non-hydrogen) atoms. The van der Waals surface area contributed by atoms with Crippen LogP contribution < -0.4 is 9.47 Å². The van der Waals surface area contributed by atoms with Crippen LogP contribution in [0.4, 0.5) is 4.39 Å².